The summed E-state index contributed by atoms with van der Waals surface area (Å²) < 4.78 is 5.32. The Morgan fingerprint density at radius 1 is 1.47 bits per heavy atom. The molecule has 1 aromatic heterocycles. The van der Waals surface area contributed by atoms with Gasteiger partial charge in [0.2, 0.25) is 0 Å². The Bertz CT molecular complexity index is 563. The Kier molecular flexibility index (Phi) is 4.69. The first-order chi connectivity index (χ1) is 9.31. The van der Waals surface area contributed by atoms with Gasteiger partial charge in [-0.15, -0.1) is 6.58 Å². The highest BCUT2D eigenvalue weighted by Crippen LogP contribution is 2.11. The molecule has 0 spiro atoms. The topological polar surface area (TPSA) is 67.0 Å². The van der Waals surface area contributed by atoms with Crippen LogP contribution in [0.15, 0.2) is 37.2 Å². The molecule has 2 aromatic rings. The van der Waals surface area contributed by atoms with Gasteiger partial charge in [-0.25, -0.2) is 4.98 Å². The predicted octanol–water partition coefficient (Wildman–Crippen LogP) is 1.89. The summed E-state index contributed by atoms with van der Waals surface area (Å²) in [4.78, 5) is 19.0. The fourth-order valence-corrected chi connectivity index (χ4v) is 1.68. The van der Waals surface area contributed by atoms with Gasteiger partial charge in [-0.05, 0) is 24.6 Å². The summed E-state index contributed by atoms with van der Waals surface area (Å²) in [6.07, 6.45) is 4.24. The van der Waals surface area contributed by atoms with Crippen LogP contribution in [-0.2, 0) is 4.74 Å². The number of hydrogen-bond donors (Lipinski definition) is 2. The second-order valence-electron chi connectivity index (χ2n) is 4.08. The smallest absolute Gasteiger partial charge is 0.251 e. The van der Waals surface area contributed by atoms with Crippen LogP contribution in [0.1, 0.15) is 16.8 Å². The van der Waals surface area contributed by atoms with Gasteiger partial charge < -0.3 is 15.0 Å². The van der Waals surface area contributed by atoms with E-state index in [-0.39, 0.29) is 5.91 Å². The predicted molar refractivity (Wildman–Crippen MR) is 74.1 cm³/mol. The monoisotopic (exact) mass is 259 g/mol. The van der Waals surface area contributed by atoms with Crippen molar-refractivity contribution in [3.05, 3.63) is 42.7 Å². The number of aromatic amines is 1. The molecule has 0 atom stereocenters. The summed E-state index contributed by atoms with van der Waals surface area (Å²) in [5.74, 6) is -0.108. The third-order valence-corrected chi connectivity index (χ3v) is 2.68. The van der Waals surface area contributed by atoms with E-state index in [4.69, 9.17) is 4.74 Å². The quantitative estimate of drug-likeness (QED) is 0.589. The van der Waals surface area contributed by atoms with Crippen LogP contribution in [-0.4, -0.2) is 35.6 Å². The van der Waals surface area contributed by atoms with Gasteiger partial charge in [-0.1, -0.05) is 6.08 Å². The van der Waals surface area contributed by atoms with E-state index in [1.54, 1.807) is 24.5 Å². The summed E-state index contributed by atoms with van der Waals surface area (Å²) in [6.45, 7) is 5.25. The lowest BCUT2D eigenvalue weighted by Crippen LogP contribution is -2.27. The maximum Gasteiger partial charge on any atom is 0.251 e. The molecule has 0 unspecified atom stereocenters. The van der Waals surface area contributed by atoms with E-state index in [0.717, 1.165) is 17.5 Å². The fourth-order valence-electron chi connectivity index (χ4n) is 1.68. The number of carbonyl (C=O) groups is 1. The van der Waals surface area contributed by atoms with Gasteiger partial charge >= 0.3 is 0 Å². The molecule has 5 heteroatoms. The SMILES string of the molecule is C=CCCOCCNC(=O)c1ccc2nc[nH]c2c1. The van der Waals surface area contributed by atoms with E-state index in [0.29, 0.717) is 25.3 Å². The summed E-state index contributed by atoms with van der Waals surface area (Å²) in [5.41, 5.74) is 2.32. The summed E-state index contributed by atoms with van der Waals surface area (Å²) in [7, 11) is 0. The number of imidazole rings is 1. The lowest BCUT2D eigenvalue weighted by Gasteiger charge is -2.05. The van der Waals surface area contributed by atoms with E-state index in [1.807, 2.05) is 6.07 Å². The van der Waals surface area contributed by atoms with Crippen molar-refractivity contribution in [2.24, 2.45) is 0 Å². The Labute approximate surface area is 111 Å². The minimum atomic E-state index is -0.108. The van der Waals surface area contributed by atoms with Crippen molar-refractivity contribution in [1.82, 2.24) is 15.3 Å². The van der Waals surface area contributed by atoms with Crippen molar-refractivity contribution in [3.63, 3.8) is 0 Å². The second kappa shape index (κ2) is 6.70. The van der Waals surface area contributed by atoms with E-state index >= 15 is 0 Å². The molecule has 0 aliphatic heterocycles. The minimum absolute atomic E-state index is 0.108. The van der Waals surface area contributed by atoms with E-state index in [1.165, 1.54) is 0 Å². The highest BCUT2D eigenvalue weighted by molar-refractivity contribution is 5.97. The maximum atomic E-state index is 11.9. The zero-order chi connectivity index (χ0) is 13.5. The third-order valence-electron chi connectivity index (χ3n) is 2.68. The number of nitrogens with one attached hydrogen (secondary N) is 2. The van der Waals surface area contributed by atoms with Gasteiger partial charge in [-0.3, -0.25) is 4.79 Å². The molecule has 100 valence electrons. The van der Waals surface area contributed by atoms with Crippen molar-refractivity contribution in [2.45, 2.75) is 6.42 Å². The number of hydrogen-bond acceptors (Lipinski definition) is 3. The largest absolute Gasteiger partial charge is 0.379 e. The van der Waals surface area contributed by atoms with Gasteiger partial charge in [0.05, 0.1) is 30.6 Å². The first kappa shape index (κ1) is 13.3. The number of fused-ring (bicyclic) bond motifs is 1. The second-order valence-corrected chi connectivity index (χ2v) is 4.08. The lowest BCUT2D eigenvalue weighted by molar-refractivity contribution is 0.0918. The zero-order valence-electron chi connectivity index (χ0n) is 10.7. The van der Waals surface area contributed by atoms with Crippen molar-refractivity contribution in [1.29, 1.82) is 0 Å². The van der Waals surface area contributed by atoms with Crippen molar-refractivity contribution >= 4 is 16.9 Å². The minimum Gasteiger partial charge on any atom is -0.379 e. The number of aromatic nitrogens is 2. The fraction of sp³-hybridized carbons (Fsp3) is 0.286. The van der Waals surface area contributed by atoms with Crippen LogP contribution < -0.4 is 5.32 Å². The first-order valence-corrected chi connectivity index (χ1v) is 6.21. The van der Waals surface area contributed by atoms with Crippen molar-refractivity contribution in [2.75, 3.05) is 19.8 Å². The lowest BCUT2D eigenvalue weighted by atomic mass is 10.2. The van der Waals surface area contributed by atoms with Gasteiger partial charge in [0.1, 0.15) is 0 Å². The van der Waals surface area contributed by atoms with Gasteiger partial charge in [0, 0.05) is 12.1 Å². The van der Waals surface area contributed by atoms with Crippen molar-refractivity contribution in [3.8, 4) is 0 Å². The highest BCUT2D eigenvalue weighted by atomic mass is 16.5. The molecular formula is C14H17N3O2. The Morgan fingerprint density at radius 2 is 2.37 bits per heavy atom. The number of carbonyl (C=O) groups excluding carboxylic acids is 1. The molecule has 19 heavy (non-hydrogen) atoms. The zero-order valence-corrected chi connectivity index (χ0v) is 10.7. The van der Waals surface area contributed by atoms with Gasteiger partial charge in [-0.2, -0.15) is 0 Å². The van der Waals surface area contributed by atoms with Crippen LogP contribution in [0.2, 0.25) is 0 Å². The molecular weight excluding hydrogens is 242 g/mol. The maximum absolute atomic E-state index is 11.9. The van der Waals surface area contributed by atoms with Crippen LogP contribution in [0.4, 0.5) is 0 Å². The van der Waals surface area contributed by atoms with Gasteiger partial charge in [0.15, 0.2) is 0 Å². The number of H-pyrrole nitrogens is 1. The summed E-state index contributed by atoms with van der Waals surface area (Å²) in [6, 6.07) is 5.37. The van der Waals surface area contributed by atoms with Crippen LogP contribution in [0.5, 0.6) is 0 Å². The van der Waals surface area contributed by atoms with Gasteiger partial charge in [0.25, 0.3) is 5.91 Å². The normalized spacial score (nSPS) is 10.5. The molecule has 0 saturated heterocycles. The molecule has 0 fully saturated rings. The number of amides is 1. The molecule has 0 radical (unpaired) electrons. The van der Waals surface area contributed by atoms with E-state index in [2.05, 4.69) is 21.9 Å². The van der Waals surface area contributed by atoms with Crippen LogP contribution >= 0.6 is 0 Å². The number of ether oxygens (including phenoxy) is 1. The molecule has 0 saturated carbocycles. The average Bonchev–Trinajstić information content (AvgIpc) is 2.89. The van der Waals surface area contributed by atoms with Crippen molar-refractivity contribution < 1.29 is 9.53 Å². The molecule has 0 aliphatic carbocycles. The molecule has 1 heterocycles. The standard InChI is InChI=1S/C14H17N3O2/c1-2-3-7-19-8-6-15-14(18)11-4-5-12-13(9-11)17-10-16-12/h2,4-5,9-10H,1,3,6-8H2,(H,15,18)(H,16,17). The molecule has 0 aliphatic rings. The number of nitrogens with zero attached hydrogens (tertiary/aromatic N) is 1. The van der Waals surface area contributed by atoms with Crippen LogP contribution in [0, 0.1) is 0 Å². The third kappa shape index (κ3) is 3.66. The Balaban J connectivity index is 1.80. The molecule has 2 rings (SSSR count). The number of benzene rings is 1. The van der Waals surface area contributed by atoms with Crippen LogP contribution in [0.25, 0.3) is 11.0 Å². The average molecular weight is 259 g/mol. The highest BCUT2D eigenvalue weighted by Gasteiger charge is 2.06. The summed E-state index contributed by atoms with van der Waals surface area (Å²) in [5, 5.41) is 2.81. The Hall–Kier alpha value is -2.14. The molecule has 1 aromatic carbocycles. The summed E-state index contributed by atoms with van der Waals surface area (Å²) >= 11 is 0. The molecule has 1 amide bonds. The first-order valence-electron chi connectivity index (χ1n) is 6.21. The van der Waals surface area contributed by atoms with Crippen LogP contribution in [0.3, 0.4) is 0 Å². The number of rotatable bonds is 7. The molecule has 2 N–H and O–H groups in total. The van der Waals surface area contributed by atoms with E-state index in [9.17, 15) is 4.79 Å². The molecule has 5 nitrogen and oxygen atoms in total. The Morgan fingerprint density at radius 3 is 3.21 bits per heavy atom. The molecule has 0 bridgehead atoms. The van der Waals surface area contributed by atoms with E-state index < -0.39 is 0 Å².